The van der Waals surface area contributed by atoms with Crippen LogP contribution >= 0.6 is 0 Å². The van der Waals surface area contributed by atoms with Crippen molar-refractivity contribution < 1.29 is 8.81 Å². The van der Waals surface area contributed by atoms with Crippen LogP contribution in [0.25, 0.3) is 11.1 Å². The summed E-state index contributed by atoms with van der Waals surface area (Å²) in [4.78, 5) is 4.29. The SMILES string of the molecule is CCC1CCC(Nc2nc3cc(F)ccc3o2)CC1. The number of hydrogen-bond acceptors (Lipinski definition) is 3. The number of anilines is 1. The van der Waals surface area contributed by atoms with Gasteiger partial charge in [0.2, 0.25) is 0 Å². The summed E-state index contributed by atoms with van der Waals surface area (Å²) >= 11 is 0. The monoisotopic (exact) mass is 262 g/mol. The summed E-state index contributed by atoms with van der Waals surface area (Å²) in [5.41, 5.74) is 1.20. The van der Waals surface area contributed by atoms with Gasteiger partial charge in [0.25, 0.3) is 6.01 Å². The highest BCUT2D eigenvalue weighted by Gasteiger charge is 2.21. The van der Waals surface area contributed by atoms with E-state index in [4.69, 9.17) is 4.42 Å². The highest BCUT2D eigenvalue weighted by atomic mass is 19.1. The molecule has 0 unspecified atom stereocenters. The van der Waals surface area contributed by atoms with Gasteiger partial charge in [0, 0.05) is 12.1 Å². The van der Waals surface area contributed by atoms with E-state index in [2.05, 4.69) is 17.2 Å². The summed E-state index contributed by atoms with van der Waals surface area (Å²) in [6.07, 6.45) is 6.12. The zero-order chi connectivity index (χ0) is 13.2. The molecule has 0 aliphatic heterocycles. The van der Waals surface area contributed by atoms with Crippen LogP contribution in [0.5, 0.6) is 0 Å². The largest absolute Gasteiger partial charge is 0.424 e. The lowest BCUT2D eigenvalue weighted by Gasteiger charge is -2.27. The molecule has 19 heavy (non-hydrogen) atoms. The van der Waals surface area contributed by atoms with Crippen LogP contribution in [0.4, 0.5) is 10.4 Å². The van der Waals surface area contributed by atoms with Crippen molar-refractivity contribution in [1.82, 2.24) is 4.98 Å². The van der Waals surface area contributed by atoms with E-state index in [1.165, 1.54) is 31.4 Å². The zero-order valence-electron chi connectivity index (χ0n) is 11.2. The van der Waals surface area contributed by atoms with E-state index in [0.29, 0.717) is 23.2 Å². The van der Waals surface area contributed by atoms with Gasteiger partial charge in [-0.1, -0.05) is 13.3 Å². The van der Waals surface area contributed by atoms with Crippen LogP contribution in [-0.4, -0.2) is 11.0 Å². The van der Waals surface area contributed by atoms with Gasteiger partial charge in [-0.05, 0) is 43.7 Å². The first-order chi connectivity index (χ1) is 9.24. The fourth-order valence-electron chi connectivity index (χ4n) is 2.85. The Morgan fingerprint density at radius 3 is 2.84 bits per heavy atom. The molecule has 2 aromatic rings. The van der Waals surface area contributed by atoms with E-state index in [1.807, 2.05) is 0 Å². The molecule has 0 bridgehead atoms. The third-order valence-electron chi connectivity index (χ3n) is 4.10. The van der Waals surface area contributed by atoms with Crippen LogP contribution < -0.4 is 5.32 Å². The van der Waals surface area contributed by atoms with E-state index in [9.17, 15) is 4.39 Å². The average Bonchev–Trinajstić information content (AvgIpc) is 2.81. The summed E-state index contributed by atoms with van der Waals surface area (Å²) in [6, 6.07) is 5.36. The number of hydrogen-bond donors (Lipinski definition) is 1. The second kappa shape index (κ2) is 5.19. The predicted molar refractivity (Wildman–Crippen MR) is 73.6 cm³/mol. The molecule has 1 saturated carbocycles. The van der Waals surface area contributed by atoms with Gasteiger partial charge in [-0.25, -0.2) is 4.39 Å². The standard InChI is InChI=1S/C15H19FN2O/c1-2-10-3-6-12(7-4-10)17-15-18-13-9-11(16)5-8-14(13)19-15/h5,8-10,12H,2-4,6-7H2,1H3,(H,17,18). The number of fused-ring (bicyclic) bond motifs is 1. The number of rotatable bonds is 3. The lowest BCUT2D eigenvalue weighted by Crippen LogP contribution is -2.25. The molecule has 1 fully saturated rings. The molecular weight excluding hydrogens is 243 g/mol. The Balaban J connectivity index is 1.68. The van der Waals surface area contributed by atoms with Gasteiger partial charge in [0.05, 0.1) is 0 Å². The van der Waals surface area contributed by atoms with Crippen molar-refractivity contribution in [3.8, 4) is 0 Å². The number of nitrogens with one attached hydrogen (secondary N) is 1. The van der Waals surface area contributed by atoms with Crippen molar-refractivity contribution in [3.05, 3.63) is 24.0 Å². The molecule has 1 aromatic heterocycles. The Bertz CT molecular complexity index is 558. The number of aromatic nitrogens is 1. The van der Waals surface area contributed by atoms with Crippen molar-refractivity contribution >= 4 is 17.1 Å². The maximum absolute atomic E-state index is 13.1. The third-order valence-corrected chi connectivity index (χ3v) is 4.10. The maximum atomic E-state index is 13.1. The average molecular weight is 262 g/mol. The number of nitrogens with zero attached hydrogens (tertiary/aromatic N) is 1. The number of halogens is 1. The summed E-state index contributed by atoms with van der Waals surface area (Å²) in [6.45, 7) is 2.26. The van der Waals surface area contributed by atoms with E-state index in [-0.39, 0.29) is 5.82 Å². The fraction of sp³-hybridized carbons (Fsp3) is 0.533. The molecule has 0 saturated heterocycles. The van der Waals surface area contributed by atoms with Crippen LogP contribution in [0, 0.1) is 11.7 Å². The molecule has 0 radical (unpaired) electrons. The first kappa shape index (κ1) is 12.5. The molecule has 3 nitrogen and oxygen atoms in total. The maximum Gasteiger partial charge on any atom is 0.295 e. The Kier molecular flexibility index (Phi) is 3.40. The Morgan fingerprint density at radius 1 is 1.32 bits per heavy atom. The van der Waals surface area contributed by atoms with Gasteiger partial charge in [0.1, 0.15) is 11.3 Å². The molecule has 3 rings (SSSR count). The van der Waals surface area contributed by atoms with Gasteiger partial charge >= 0.3 is 0 Å². The highest BCUT2D eigenvalue weighted by molar-refractivity contribution is 5.74. The van der Waals surface area contributed by atoms with Gasteiger partial charge < -0.3 is 9.73 Å². The van der Waals surface area contributed by atoms with Gasteiger partial charge in [-0.3, -0.25) is 0 Å². The first-order valence-electron chi connectivity index (χ1n) is 7.07. The number of benzene rings is 1. The molecule has 0 spiro atoms. The van der Waals surface area contributed by atoms with Crippen molar-refractivity contribution in [3.63, 3.8) is 0 Å². The van der Waals surface area contributed by atoms with Crippen LogP contribution in [-0.2, 0) is 0 Å². The fourth-order valence-corrected chi connectivity index (χ4v) is 2.85. The molecule has 0 amide bonds. The Morgan fingerprint density at radius 2 is 2.11 bits per heavy atom. The van der Waals surface area contributed by atoms with Gasteiger partial charge in [0.15, 0.2) is 5.58 Å². The Hall–Kier alpha value is -1.58. The van der Waals surface area contributed by atoms with Crippen molar-refractivity contribution in [2.45, 2.75) is 45.1 Å². The Labute approximate surface area is 112 Å². The van der Waals surface area contributed by atoms with Crippen molar-refractivity contribution in [2.75, 3.05) is 5.32 Å². The second-order valence-electron chi connectivity index (χ2n) is 5.40. The minimum Gasteiger partial charge on any atom is -0.424 e. The van der Waals surface area contributed by atoms with Crippen molar-refractivity contribution in [1.29, 1.82) is 0 Å². The summed E-state index contributed by atoms with van der Waals surface area (Å²) in [5.74, 6) is 0.589. The predicted octanol–water partition coefficient (Wildman–Crippen LogP) is 4.35. The molecule has 1 aliphatic carbocycles. The highest BCUT2D eigenvalue weighted by Crippen LogP contribution is 2.29. The molecule has 1 N–H and O–H groups in total. The van der Waals surface area contributed by atoms with E-state index in [1.54, 1.807) is 6.07 Å². The smallest absolute Gasteiger partial charge is 0.295 e. The van der Waals surface area contributed by atoms with Gasteiger partial charge in [-0.15, -0.1) is 0 Å². The quantitative estimate of drug-likeness (QED) is 0.893. The lowest BCUT2D eigenvalue weighted by molar-refractivity contribution is 0.327. The molecule has 4 heteroatoms. The summed E-state index contributed by atoms with van der Waals surface area (Å²) in [7, 11) is 0. The van der Waals surface area contributed by atoms with E-state index in [0.717, 1.165) is 18.8 Å². The molecule has 0 atom stereocenters. The van der Waals surface area contributed by atoms with Gasteiger partial charge in [-0.2, -0.15) is 4.98 Å². The summed E-state index contributed by atoms with van der Waals surface area (Å²) < 4.78 is 18.7. The molecule has 1 aliphatic rings. The molecule has 1 aromatic carbocycles. The van der Waals surface area contributed by atoms with E-state index < -0.39 is 0 Å². The van der Waals surface area contributed by atoms with Crippen LogP contribution in [0.3, 0.4) is 0 Å². The van der Waals surface area contributed by atoms with Crippen molar-refractivity contribution in [2.24, 2.45) is 5.92 Å². The van der Waals surface area contributed by atoms with Crippen LogP contribution in [0.15, 0.2) is 22.6 Å². The minimum atomic E-state index is -0.282. The second-order valence-corrected chi connectivity index (χ2v) is 5.40. The normalized spacial score (nSPS) is 23.7. The van der Waals surface area contributed by atoms with E-state index >= 15 is 0 Å². The molecule has 1 heterocycles. The lowest BCUT2D eigenvalue weighted by atomic mass is 9.85. The first-order valence-corrected chi connectivity index (χ1v) is 7.07. The summed E-state index contributed by atoms with van der Waals surface area (Å²) in [5, 5.41) is 3.33. The molecule has 102 valence electrons. The topological polar surface area (TPSA) is 38.1 Å². The minimum absolute atomic E-state index is 0.282. The van der Waals surface area contributed by atoms with Crippen LogP contribution in [0.1, 0.15) is 39.0 Å². The molecular formula is C15H19FN2O. The number of oxazole rings is 1. The third kappa shape index (κ3) is 2.72. The van der Waals surface area contributed by atoms with Crippen LogP contribution in [0.2, 0.25) is 0 Å². The zero-order valence-corrected chi connectivity index (χ0v) is 11.2.